The minimum Gasteiger partial charge on any atom is -0.489 e. The van der Waals surface area contributed by atoms with Gasteiger partial charge in [0.15, 0.2) is 11.6 Å². The molecule has 25 heavy (non-hydrogen) atoms. The summed E-state index contributed by atoms with van der Waals surface area (Å²) in [6, 6.07) is 9.87. The van der Waals surface area contributed by atoms with Crippen LogP contribution in [0.5, 0.6) is 5.75 Å². The van der Waals surface area contributed by atoms with Gasteiger partial charge in [-0.25, -0.2) is 24.4 Å². The van der Waals surface area contributed by atoms with Crippen molar-refractivity contribution in [2.45, 2.75) is 6.61 Å². The number of hydrazine groups is 1. The van der Waals surface area contributed by atoms with E-state index in [1.54, 1.807) is 24.3 Å². The van der Waals surface area contributed by atoms with Crippen LogP contribution in [0.4, 0.5) is 19.3 Å². The van der Waals surface area contributed by atoms with E-state index in [-0.39, 0.29) is 19.8 Å². The van der Waals surface area contributed by atoms with Crippen molar-refractivity contribution < 1.29 is 27.8 Å². The maximum Gasteiger partial charge on any atom is 0.428 e. The molecule has 134 valence electrons. The highest BCUT2D eigenvalue weighted by molar-refractivity contribution is 5.86. The quantitative estimate of drug-likeness (QED) is 0.359. The van der Waals surface area contributed by atoms with E-state index in [1.807, 2.05) is 0 Å². The van der Waals surface area contributed by atoms with Gasteiger partial charge in [-0.05, 0) is 42.0 Å². The Bertz CT molecular complexity index is 710. The van der Waals surface area contributed by atoms with Crippen LogP contribution < -0.4 is 15.6 Å². The third-order valence-electron chi connectivity index (χ3n) is 3.21. The summed E-state index contributed by atoms with van der Waals surface area (Å²) >= 11 is 0. The summed E-state index contributed by atoms with van der Waals surface area (Å²) in [7, 11) is 1.49. The van der Waals surface area contributed by atoms with Crippen molar-refractivity contribution in [2.75, 3.05) is 25.3 Å². The first-order valence-corrected chi connectivity index (χ1v) is 7.38. The van der Waals surface area contributed by atoms with Crippen LogP contribution in [0.3, 0.4) is 0 Å². The summed E-state index contributed by atoms with van der Waals surface area (Å²) in [5, 5.41) is 0.856. The molecule has 0 aliphatic carbocycles. The molecular weight excluding hydrogens is 334 g/mol. The summed E-state index contributed by atoms with van der Waals surface area (Å²) in [5.74, 6) is 4.31. The summed E-state index contributed by atoms with van der Waals surface area (Å²) in [6.07, 6.45) is -0.715. The van der Waals surface area contributed by atoms with Gasteiger partial charge in [0.25, 0.3) is 0 Å². The molecular formula is C17H18F2N2O4. The predicted octanol–water partition coefficient (Wildman–Crippen LogP) is 3.01. The number of ether oxygens (including phenoxy) is 3. The molecule has 0 unspecified atom stereocenters. The largest absolute Gasteiger partial charge is 0.489 e. The lowest BCUT2D eigenvalue weighted by molar-refractivity contribution is 0.103. The zero-order chi connectivity index (χ0) is 18.2. The highest BCUT2D eigenvalue weighted by atomic mass is 19.2. The van der Waals surface area contributed by atoms with Gasteiger partial charge in [0.05, 0.1) is 12.3 Å². The lowest BCUT2D eigenvalue weighted by atomic mass is 10.2. The lowest BCUT2D eigenvalue weighted by Gasteiger charge is -2.16. The monoisotopic (exact) mass is 352 g/mol. The molecule has 0 heterocycles. The molecule has 0 bridgehead atoms. The Morgan fingerprint density at radius 2 is 1.80 bits per heavy atom. The van der Waals surface area contributed by atoms with Gasteiger partial charge >= 0.3 is 6.09 Å². The molecule has 0 saturated heterocycles. The Morgan fingerprint density at radius 1 is 1.08 bits per heavy atom. The molecule has 2 aromatic rings. The fourth-order valence-corrected chi connectivity index (χ4v) is 1.89. The third kappa shape index (κ3) is 5.40. The summed E-state index contributed by atoms with van der Waals surface area (Å²) in [6.45, 7) is 0.441. The van der Waals surface area contributed by atoms with Gasteiger partial charge < -0.3 is 14.2 Å². The second-order valence-electron chi connectivity index (χ2n) is 5.01. The molecule has 0 spiro atoms. The zero-order valence-electron chi connectivity index (χ0n) is 13.6. The van der Waals surface area contributed by atoms with Crippen LogP contribution in [0.2, 0.25) is 0 Å². The standard InChI is InChI=1S/C17H18F2N2O4/c1-23-8-9-24-17(22)21(20)13-3-5-14(6-4-13)25-11-12-2-7-15(18)16(19)10-12/h2-7,10H,8-9,11,20H2,1H3. The normalized spacial score (nSPS) is 10.4. The number of benzene rings is 2. The van der Waals surface area contributed by atoms with Crippen molar-refractivity contribution in [2.24, 2.45) is 5.84 Å². The van der Waals surface area contributed by atoms with Gasteiger partial charge in [-0.3, -0.25) is 0 Å². The predicted molar refractivity (Wildman–Crippen MR) is 87.0 cm³/mol. The van der Waals surface area contributed by atoms with E-state index in [9.17, 15) is 13.6 Å². The number of nitrogens with zero attached hydrogens (tertiary/aromatic N) is 1. The van der Waals surface area contributed by atoms with Crippen LogP contribution in [0.1, 0.15) is 5.56 Å². The highest BCUT2D eigenvalue weighted by Gasteiger charge is 2.13. The SMILES string of the molecule is COCCOC(=O)N(N)c1ccc(OCc2ccc(F)c(F)c2)cc1. The molecule has 0 atom stereocenters. The molecule has 0 fully saturated rings. The van der Waals surface area contributed by atoms with Crippen LogP contribution in [-0.2, 0) is 16.1 Å². The van der Waals surface area contributed by atoms with Crippen molar-refractivity contribution in [3.8, 4) is 5.75 Å². The molecule has 2 aromatic carbocycles. The van der Waals surface area contributed by atoms with Crippen LogP contribution in [0.25, 0.3) is 0 Å². The smallest absolute Gasteiger partial charge is 0.428 e. The second kappa shape index (κ2) is 8.95. The fourth-order valence-electron chi connectivity index (χ4n) is 1.89. The molecule has 2 N–H and O–H groups in total. The maximum absolute atomic E-state index is 13.1. The van der Waals surface area contributed by atoms with Gasteiger partial charge in [0.1, 0.15) is 19.0 Å². The van der Waals surface area contributed by atoms with Crippen molar-refractivity contribution in [1.29, 1.82) is 0 Å². The lowest BCUT2D eigenvalue weighted by Crippen LogP contribution is -2.38. The van der Waals surface area contributed by atoms with E-state index >= 15 is 0 Å². The highest BCUT2D eigenvalue weighted by Crippen LogP contribution is 2.19. The molecule has 8 heteroatoms. The average molecular weight is 352 g/mol. The van der Waals surface area contributed by atoms with E-state index in [1.165, 1.54) is 13.2 Å². The third-order valence-corrected chi connectivity index (χ3v) is 3.21. The van der Waals surface area contributed by atoms with E-state index in [0.717, 1.165) is 17.1 Å². The van der Waals surface area contributed by atoms with Crippen LogP contribution in [0, 0.1) is 11.6 Å². The number of hydrogen-bond donors (Lipinski definition) is 1. The van der Waals surface area contributed by atoms with Crippen LogP contribution >= 0.6 is 0 Å². The number of halogens is 2. The van der Waals surface area contributed by atoms with Gasteiger partial charge in [-0.15, -0.1) is 0 Å². The summed E-state index contributed by atoms with van der Waals surface area (Å²) in [5.41, 5.74) is 0.896. The molecule has 1 amide bonds. The van der Waals surface area contributed by atoms with Gasteiger partial charge in [0, 0.05) is 7.11 Å². The summed E-state index contributed by atoms with van der Waals surface area (Å²) < 4.78 is 41.1. The number of amides is 1. The zero-order valence-corrected chi connectivity index (χ0v) is 13.6. The Labute approximate surface area is 143 Å². The van der Waals surface area contributed by atoms with E-state index in [0.29, 0.717) is 17.0 Å². The van der Waals surface area contributed by atoms with Crippen molar-refractivity contribution >= 4 is 11.8 Å². The molecule has 0 saturated carbocycles. The second-order valence-corrected chi connectivity index (χ2v) is 5.01. The molecule has 0 aromatic heterocycles. The van der Waals surface area contributed by atoms with Crippen LogP contribution in [0.15, 0.2) is 42.5 Å². The molecule has 0 aliphatic heterocycles. The van der Waals surface area contributed by atoms with E-state index in [2.05, 4.69) is 0 Å². The van der Waals surface area contributed by atoms with Gasteiger partial charge in [-0.1, -0.05) is 6.07 Å². The number of nitrogens with two attached hydrogens (primary N) is 1. The molecule has 0 aliphatic rings. The number of methoxy groups -OCH3 is 1. The Kier molecular flexibility index (Phi) is 6.67. The van der Waals surface area contributed by atoms with Crippen molar-refractivity contribution in [1.82, 2.24) is 0 Å². The maximum atomic E-state index is 13.1. The number of carbonyl (C=O) groups excluding carboxylic acids is 1. The van der Waals surface area contributed by atoms with Crippen LogP contribution in [-0.4, -0.2) is 26.4 Å². The van der Waals surface area contributed by atoms with E-state index in [4.69, 9.17) is 20.1 Å². The van der Waals surface area contributed by atoms with Gasteiger partial charge in [-0.2, -0.15) is 0 Å². The number of hydrogen-bond acceptors (Lipinski definition) is 5. The molecule has 0 radical (unpaired) electrons. The minimum absolute atomic E-state index is 0.0714. The van der Waals surface area contributed by atoms with Crippen molar-refractivity contribution in [3.05, 3.63) is 59.7 Å². The average Bonchev–Trinajstić information content (AvgIpc) is 2.62. The first kappa shape index (κ1) is 18.6. The minimum atomic E-state index is -0.929. The first-order valence-electron chi connectivity index (χ1n) is 7.38. The number of anilines is 1. The van der Waals surface area contributed by atoms with Gasteiger partial charge in [0.2, 0.25) is 0 Å². The van der Waals surface area contributed by atoms with E-state index < -0.39 is 17.7 Å². The topological polar surface area (TPSA) is 74.0 Å². The number of rotatable bonds is 7. The fraction of sp³-hybridized carbons (Fsp3) is 0.235. The molecule has 6 nitrogen and oxygen atoms in total. The first-order chi connectivity index (χ1) is 12.0. The Hall–Kier alpha value is -2.71. The van der Waals surface area contributed by atoms with Crippen molar-refractivity contribution in [3.63, 3.8) is 0 Å². The summed E-state index contributed by atoms with van der Waals surface area (Å²) in [4.78, 5) is 11.7. The Balaban J connectivity index is 1.90. The number of carbonyl (C=O) groups is 1. The Morgan fingerprint density at radius 3 is 2.44 bits per heavy atom. The molecule has 2 rings (SSSR count).